The normalized spacial score (nSPS) is 10.9. The Kier molecular flexibility index (Phi) is 6.43. The summed E-state index contributed by atoms with van der Waals surface area (Å²) in [4.78, 5) is 4.80. The molecule has 0 unspecified atom stereocenters. The van der Waals surface area contributed by atoms with Crippen molar-refractivity contribution in [2.24, 2.45) is 0 Å². The van der Waals surface area contributed by atoms with Crippen LogP contribution in [-0.2, 0) is 12.3 Å². The Labute approximate surface area is 188 Å². The van der Waals surface area contributed by atoms with Gasteiger partial charge in [-0.15, -0.1) is 28.1 Å². The van der Waals surface area contributed by atoms with Gasteiger partial charge in [-0.05, 0) is 25.1 Å². The number of rotatable bonds is 9. The average Bonchev–Trinajstić information content (AvgIpc) is 3.52. The minimum atomic E-state index is 0.610. The smallest absolute Gasteiger partial charge is 0.192 e. The van der Waals surface area contributed by atoms with E-state index in [4.69, 9.17) is 18.9 Å². The van der Waals surface area contributed by atoms with Crippen LogP contribution in [0.25, 0.3) is 22.0 Å². The van der Waals surface area contributed by atoms with E-state index in [1.807, 2.05) is 41.8 Å². The second-order valence-corrected chi connectivity index (χ2v) is 8.37. The molecule has 0 N–H and O–H groups in total. The minimum Gasteiger partial charge on any atom is -0.493 e. The van der Waals surface area contributed by atoms with Gasteiger partial charge >= 0.3 is 0 Å². The first-order valence-electron chi connectivity index (χ1n) is 9.53. The van der Waals surface area contributed by atoms with Crippen LogP contribution in [0, 0.1) is 6.92 Å². The second kappa shape index (κ2) is 9.40. The molecule has 0 radical (unpaired) electrons. The number of aryl methyl sites for hydroxylation is 1. The van der Waals surface area contributed by atoms with E-state index in [-0.39, 0.29) is 0 Å². The molecule has 160 valence electrons. The molecule has 3 aromatic heterocycles. The van der Waals surface area contributed by atoms with Crippen LogP contribution >= 0.6 is 23.1 Å². The van der Waals surface area contributed by atoms with E-state index in [0.29, 0.717) is 23.8 Å². The Morgan fingerprint density at radius 2 is 2.06 bits per heavy atom. The molecule has 4 aromatic rings. The number of thiazole rings is 1. The summed E-state index contributed by atoms with van der Waals surface area (Å²) in [5, 5.41) is 12.5. The number of aromatic nitrogens is 4. The zero-order valence-corrected chi connectivity index (χ0v) is 19.1. The molecular weight excluding hydrogens is 432 g/mol. The number of para-hydroxylation sites is 1. The van der Waals surface area contributed by atoms with Gasteiger partial charge < -0.3 is 13.9 Å². The Hall–Kier alpha value is -3.04. The highest BCUT2D eigenvalue weighted by atomic mass is 32.2. The van der Waals surface area contributed by atoms with Crippen LogP contribution in [0.3, 0.4) is 0 Å². The fraction of sp³-hybridized carbons (Fsp3) is 0.227. The lowest BCUT2D eigenvalue weighted by molar-refractivity contribution is 0.356. The molecular formula is C22H22N4O3S2. The highest BCUT2D eigenvalue weighted by Crippen LogP contribution is 2.39. The van der Waals surface area contributed by atoms with Gasteiger partial charge in [0.2, 0.25) is 0 Å². The standard InChI is InChI=1S/C22H22N4O3S2/c1-5-10-26-20(16-9-11-29-14(16)2)24-25-22(26)31-13-15-12-30-21(23-15)17-7-6-8-18(27-3)19(17)28-4/h5-9,11-12H,1,10,13H2,2-4H3. The average molecular weight is 455 g/mol. The third kappa shape index (κ3) is 4.24. The van der Waals surface area contributed by atoms with Gasteiger partial charge in [0.05, 0.1) is 37.3 Å². The maximum atomic E-state index is 5.55. The van der Waals surface area contributed by atoms with Crippen molar-refractivity contribution >= 4 is 23.1 Å². The summed E-state index contributed by atoms with van der Waals surface area (Å²) in [6, 6.07) is 7.70. The summed E-state index contributed by atoms with van der Waals surface area (Å²) in [5.41, 5.74) is 2.81. The molecule has 0 amide bonds. The number of benzene rings is 1. The summed E-state index contributed by atoms with van der Waals surface area (Å²) in [6.07, 6.45) is 3.50. The van der Waals surface area contributed by atoms with Crippen LogP contribution in [-0.4, -0.2) is 34.0 Å². The molecule has 0 spiro atoms. The van der Waals surface area contributed by atoms with Crippen LogP contribution in [0.4, 0.5) is 0 Å². The third-order valence-corrected chi connectivity index (χ3v) is 6.59. The summed E-state index contributed by atoms with van der Waals surface area (Å²) in [6.45, 7) is 6.39. The van der Waals surface area contributed by atoms with E-state index in [0.717, 1.165) is 38.6 Å². The van der Waals surface area contributed by atoms with Crippen LogP contribution in [0.15, 0.2) is 58.1 Å². The van der Waals surface area contributed by atoms with Gasteiger partial charge in [0.1, 0.15) is 10.8 Å². The highest BCUT2D eigenvalue weighted by Gasteiger charge is 2.18. The Balaban J connectivity index is 1.55. The van der Waals surface area contributed by atoms with Crippen molar-refractivity contribution in [1.82, 2.24) is 19.7 Å². The number of hydrogen-bond acceptors (Lipinski definition) is 8. The number of ether oxygens (including phenoxy) is 2. The van der Waals surface area contributed by atoms with Crippen LogP contribution in [0.2, 0.25) is 0 Å². The lowest BCUT2D eigenvalue weighted by Gasteiger charge is -2.10. The number of nitrogens with zero attached hydrogens (tertiary/aromatic N) is 4. The number of hydrogen-bond donors (Lipinski definition) is 0. The lowest BCUT2D eigenvalue weighted by atomic mass is 10.2. The van der Waals surface area contributed by atoms with Crippen molar-refractivity contribution in [2.75, 3.05) is 14.2 Å². The quantitative estimate of drug-likeness (QED) is 0.245. The van der Waals surface area contributed by atoms with E-state index < -0.39 is 0 Å². The van der Waals surface area contributed by atoms with Crippen LogP contribution in [0.1, 0.15) is 11.5 Å². The largest absolute Gasteiger partial charge is 0.493 e. The number of allylic oxidation sites excluding steroid dienone is 1. The predicted molar refractivity (Wildman–Crippen MR) is 123 cm³/mol. The maximum Gasteiger partial charge on any atom is 0.192 e. The van der Waals surface area contributed by atoms with Gasteiger partial charge in [0.25, 0.3) is 0 Å². The fourth-order valence-electron chi connectivity index (χ4n) is 3.20. The van der Waals surface area contributed by atoms with E-state index in [2.05, 4.69) is 22.2 Å². The molecule has 0 atom stereocenters. The van der Waals surface area contributed by atoms with Crippen molar-refractivity contribution < 1.29 is 13.9 Å². The Bertz CT molecular complexity index is 1200. The summed E-state index contributed by atoms with van der Waals surface area (Å²) in [7, 11) is 3.27. The molecule has 0 fully saturated rings. The molecule has 4 rings (SSSR count). The monoisotopic (exact) mass is 454 g/mol. The molecule has 3 heterocycles. The van der Waals surface area contributed by atoms with Gasteiger partial charge in [-0.2, -0.15) is 0 Å². The first-order chi connectivity index (χ1) is 15.2. The molecule has 7 nitrogen and oxygen atoms in total. The predicted octanol–water partition coefficient (Wildman–Crippen LogP) is 5.47. The second-order valence-electron chi connectivity index (χ2n) is 6.57. The van der Waals surface area contributed by atoms with Crippen molar-refractivity contribution in [3.8, 4) is 33.5 Å². The van der Waals surface area contributed by atoms with E-state index in [1.54, 1.807) is 43.6 Å². The number of furan rings is 1. The topological polar surface area (TPSA) is 75.2 Å². The van der Waals surface area contributed by atoms with Gasteiger partial charge in [0.15, 0.2) is 22.5 Å². The number of thioether (sulfide) groups is 1. The molecule has 0 saturated heterocycles. The third-order valence-electron chi connectivity index (χ3n) is 4.66. The first kappa shape index (κ1) is 21.2. The van der Waals surface area contributed by atoms with Crippen molar-refractivity contribution in [2.45, 2.75) is 24.4 Å². The Morgan fingerprint density at radius 3 is 2.77 bits per heavy atom. The maximum absolute atomic E-state index is 5.55. The molecule has 0 saturated carbocycles. The van der Waals surface area contributed by atoms with Crippen molar-refractivity contribution in [1.29, 1.82) is 0 Å². The molecule has 1 aromatic carbocycles. The van der Waals surface area contributed by atoms with E-state index in [1.165, 1.54) is 0 Å². The highest BCUT2D eigenvalue weighted by molar-refractivity contribution is 7.98. The molecule has 0 bridgehead atoms. The van der Waals surface area contributed by atoms with E-state index >= 15 is 0 Å². The minimum absolute atomic E-state index is 0.610. The first-order valence-corrected chi connectivity index (χ1v) is 11.4. The lowest BCUT2D eigenvalue weighted by Crippen LogP contribution is -2.01. The van der Waals surface area contributed by atoms with Gasteiger partial charge in [-0.1, -0.05) is 23.9 Å². The van der Waals surface area contributed by atoms with E-state index in [9.17, 15) is 0 Å². The van der Waals surface area contributed by atoms with Crippen molar-refractivity contribution in [3.63, 3.8) is 0 Å². The Morgan fingerprint density at radius 1 is 1.19 bits per heavy atom. The zero-order valence-electron chi connectivity index (χ0n) is 17.5. The fourth-order valence-corrected chi connectivity index (χ4v) is 4.98. The summed E-state index contributed by atoms with van der Waals surface area (Å²) < 4.78 is 18.4. The SMILES string of the molecule is C=CCn1c(SCc2csc(-c3cccc(OC)c3OC)n2)nnc1-c1ccoc1C. The molecule has 9 heteroatoms. The summed E-state index contributed by atoms with van der Waals surface area (Å²) in [5.74, 6) is 3.62. The molecule has 0 aliphatic heterocycles. The van der Waals surface area contributed by atoms with Gasteiger partial charge in [-0.25, -0.2) is 4.98 Å². The van der Waals surface area contributed by atoms with Crippen LogP contribution in [0.5, 0.6) is 11.5 Å². The zero-order chi connectivity index (χ0) is 21.8. The van der Waals surface area contributed by atoms with Crippen molar-refractivity contribution in [3.05, 3.63) is 60.0 Å². The number of methoxy groups -OCH3 is 2. The van der Waals surface area contributed by atoms with Gasteiger partial charge in [-0.3, -0.25) is 4.57 Å². The summed E-state index contributed by atoms with van der Waals surface area (Å²) >= 11 is 3.16. The molecule has 31 heavy (non-hydrogen) atoms. The molecule has 0 aliphatic carbocycles. The molecule has 0 aliphatic rings. The van der Waals surface area contributed by atoms with Gasteiger partial charge in [0, 0.05) is 17.7 Å². The van der Waals surface area contributed by atoms with Crippen LogP contribution < -0.4 is 9.47 Å².